The molecular weight excluding hydrogens is 276 g/mol. The highest BCUT2D eigenvalue weighted by Crippen LogP contribution is 2.17. The van der Waals surface area contributed by atoms with Gasteiger partial charge < -0.3 is 20.2 Å². The molecular formula is C14H18N2O3S. The third-order valence-electron chi connectivity index (χ3n) is 3.01. The van der Waals surface area contributed by atoms with E-state index in [-0.39, 0.29) is 18.5 Å². The lowest BCUT2D eigenvalue weighted by molar-refractivity contribution is 0.148. The van der Waals surface area contributed by atoms with Gasteiger partial charge in [-0.15, -0.1) is 0 Å². The summed E-state index contributed by atoms with van der Waals surface area (Å²) in [6, 6.07) is 5.12. The second-order valence-corrected chi connectivity index (χ2v) is 5.36. The SMILES string of the molecule is CC(CNC(=O)NCC(O)c1ccco1)c1ccsc1. The van der Waals surface area contributed by atoms with Gasteiger partial charge in [0.2, 0.25) is 0 Å². The van der Waals surface area contributed by atoms with Crippen LogP contribution in [0, 0.1) is 0 Å². The van der Waals surface area contributed by atoms with Crippen molar-refractivity contribution in [3.63, 3.8) is 0 Å². The first-order valence-corrected chi connectivity index (χ1v) is 7.36. The van der Waals surface area contributed by atoms with Gasteiger partial charge in [-0.1, -0.05) is 6.92 Å². The van der Waals surface area contributed by atoms with Crippen molar-refractivity contribution in [2.45, 2.75) is 18.9 Å². The number of aliphatic hydroxyl groups is 1. The van der Waals surface area contributed by atoms with Crippen LogP contribution in [-0.4, -0.2) is 24.2 Å². The van der Waals surface area contributed by atoms with Gasteiger partial charge in [0.15, 0.2) is 0 Å². The zero-order chi connectivity index (χ0) is 14.4. The lowest BCUT2D eigenvalue weighted by atomic mass is 10.1. The van der Waals surface area contributed by atoms with Gasteiger partial charge in [0.1, 0.15) is 11.9 Å². The first-order chi connectivity index (χ1) is 9.66. The van der Waals surface area contributed by atoms with E-state index >= 15 is 0 Å². The molecule has 5 nitrogen and oxygen atoms in total. The van der Waals surface area contributed by atoms with Crippen LogP contribution in [0.3, 0.4) is 0 Å². The fraction of sp³-hybridized carbons (Fsp3) is 0.357. The third kappa shape index (κ3) is 4.11. The van der Waals surface area contributed by atoms with E-state index in [2.05, 4.69) is 29.0 Å². The first-order valence-electron chi connectivity index (χ1n) is 6.42. The summed E-state index contributed by atoms with van der Waals surface area (Å²) in [4.78, 5) is 11.6. The van der Waals surface area contributed by atoms with E-state index in [1.807, 2.05) is 5.38 Å². The molecule has 2 amide bonds. The summed E-state index contributed by atoms with van der Waals surface area (Å²) < 4.78 is 5.05. The fourth-order valence-electron chi connectivity index (χ4n) is 1.75. The molecule has 0 aliphatic rings. The van der Waals surface area contributed by atoms with Gasteiger partial charge in [-0.05, 0) is 40.4 Å². The molecule has 0 aromatic carbocycles. The van der Waals surface area contributed by atoms with Gasteiger partial charge in [0.05, 0.1) is 12.8 Å². The molecule has 2 aromatic rings. The Hall–Kier alpha value is -1.79. The van der Waals surface area contributed by atoms with Crippen molar-refractivity contribution in [2.24, 2.45) is 0 Å². The van der Waals surface area contributed by atoms with Crippen molar-refractivity contribution in [3.05, 3.63) is 46.5 Å². The fourth-order valence-corrected chi connectivity index (χ4v) is 2.53. The topological polar surface area (TPSA) is 74.5 Å². The van der Waals surface area contributed by atoms with Crippen molar-refractivity contribution < 1.29 is 14.3 Å². The Morgan fingerprint density at radius 2 is 2.20 bits per heavy atom. The standard InChI is InChI=1S/C14H18N2O3S/c1-10(11-4-6-20-9-11)7-15-14(18)16-8-12(17)13-3-2-5-19-13/h2-6,9-10,12,17H,7-8H2,1H3,(H2,15,16,18). The quantitative estimate of drug-likeness (QED) is 0.766. The largest absolute Gasteiger partial charge is 0.467 e. The zero-order valence-corrected chi connectivity index (χ0v) is 12.0. The van der Waals surface area contributed by atoms with Crippen LogP contribution in [0.1, 0.15) is 30.3 Å². The minimum absolute atomic E-state index is 0.117. The van der Waals surface area contributed by atoms with Gasteiger partial charge in [0, 0.05) is 6.54 Å². The van der Waals surface area contributed by atoms with Crippen LogP contribution in [0.5, 0.6) is 0 Å². The number of rotatable bonds is 6. The predicted octanol–water partition coefficient (Wildman–Crippen LogP) is 2.48. The van der Waals surface area contributed by atoms with Gasteiger partial charge >= 0.3 is 6.03 Å². The predicted molar refractivity (Wildman–Crippen MR) is 77.8 cm³/mol. The Labute approximate surface area is 121 Å². The number of carbonyl (C=O) groups is 1. The maximum Gasteiger partial charge on any atom is 0.314 e. The van der Waals surface area contributed by atoms with Gasteiger partial charge in [-0.2, -0.15) is 11.3 Å². The molecule has 2 heterocycles. The first kappa shape index (κ1) is 14.6. The molecule has 0 bridgehead atoms. The van der Waals surface area contributed by atoms with Crippen molar-refractivity contribution in [3.8, 4) is 0 Å². The number of thiophene rings is 1. The lowest BCUT2D eigenvalue weighted by Gasteiger charge is -2.13. The van der Waals surface area contributed by atoms with Gasteiger partial charge in [-0.25, -0.2) is 4.79 Å². The highest BCUT2D eigenvalue weighted by molar-refractivity contribution is 7.07. The van der Waals surface area contributed by atoms with Crippen LogP contribution in [-0.2, 0) is 0 Å². The van der Waals surface area contributed by atoms with Crippen molar-refractivity contribution in [1.29, 1.82) is 0 Å². The molecule has 0 saturated carbocycles. The van der Waals surface area contributed by atoms with E-state index in [0.717, 1.165) is 0 Å². The average molecular weight is 294 g/mol. The highest BCUT2D eigenvalue weighted by atomic mass is 32.1. The number of nitrogens with one attached hydrogen (secondary N) is 2. The van der Waals surface area contributed by atoms with E-state index in [1.165, 1.54) is 11.8 Å². The van der Waals surface area contributed by atoms with Crippen LogP contribution in [0.15, 0.2) is 39.6 Å². The number of aliphatic hydroxyl groups excluding tert-OH is 1. The maximum atomic E-state index is 11.6. The minimum Gasteiger partial charge on any atom is -0.467 e. The molecule has 3 N–H and O–H groups in total. The summed E-state index contributed by atoms with van der Waals surface area (Å²) >= 11 is 1.64. The highest BCUT2D eigenvalue weighted by Gasteiger charge is 2.12. The van der Waals surface area contributed by atoms with Crippen molar-refractivity contribution in [2.75, 3.05) is 13.1 Å². The van der Waals surface area contributed by atoms with E-state index in [9.17, 15) is 9.90 Å². The molecule has 0 aliphatic carbocycles. The number of carbonyl (C=O) groups excluding carboxylic acids is 1. The third-order valence-corrected chi connectivity index (χ3v) is 3.71. The Kier molecular flexibility index (Phi) is 5.20. The summed E-state index contributed by atoms with van der Waals surface area (Å²) in [7, 11) is 0. The molecule has 20 heavy (non-hydrogen) atoms. The Bertz CT molecular complexity index is 464. The van der Waals surface area contributed by atoms with Crippen LogP contribution in [0.2, 0.25) is 0 Å². The molecule has 0 aliphatic heterocycles. The number of hydrogen-bond donors (Lipinski definition) is 3. The second kappa shape index (κ2) is 7.12. The molecule has 6 heteroatoms. The Morgan fingerprint density at radius 3 is 2.85 bits per heavy atom. The summed E-state index contributed by atoms with van der Waals surface area (Å²) in [6.07, 6.45) is 0.659. The van der Waals surface area contributed by atoms with Gasteiger partial charge in [0.25, 0.3) is 0 Å². The Balaban J connectivity index is 1.68. The molecule has 2 unspecified atom stereocenters. The number of amides is 2. The summed E-state index contributed by atoms with van der Waals surface area (Å²) in [5, 5.41) is 19.2. The molecule has 108 valence electrons. The molecule has 0 spiro atoms. The summed E-state index contributed by atoms with van der Waals surface area (Å²) in [5.41, 5.74) is 1.21. The monoisotopic (exact) mass is 294 g/mol. The molecule has 0 radical (unpaired) electrons. The molecule has 2 atom stereocenters. The normalized spacial score (nSPS) is 13.7. The van der Waals surface area contributed by atoms with Crippen LogP contribution in [0.4, 0.5) is 4.79 Å². The second-order valence-electron chi connectivity index (χ2n) is 4.58. The molecule has 2 aromatic heterocycles. The molecule has 2 rings (SSSR count). The summed E-state index contributed by atoms with van der Waals surface area (Å²) in [5.74, 6) is 0.707. The van der Waals surface area contributed by atoms with Gasteiger partial charge in [-0.3, -0.25) is 0 Å². The van der Waals surface area contributed by atoms with Crippen LogP contribution in [0.25, 0.3) is 0 Å². The van der Waals surface area contributed by atoms with E-state index in [0.29, 0.717) is 12.3 Å². The van der Waals surface area contributed by atoms with Crippen LogP contribution < -0.4 is 10.6 Å². The molecule has 0 fully saturated rings. The van der Waals surface area contributed by atoms with Crippen LogP contribution >= 0.6 is 11.3 Å². The average Bonchev–Trinajstić information content (AvgIpc) is 3.14. The number of furan rings is 1. The Morgan fingerprint density at radius 1 is 1.40 bits per heavy atom. The lowest BCUT2D eigenvalue weighted by Crippen LogP contribution is -2.39. The zero-order valence-electron chi connectivity index (χ0n) is 11.2. The van der Waals surface area contributed by atoms with Crippen molar-refractivity contribution in [1.82, 2.24) is 10.6 Å². The number of urea groups is 1. The maximum absolute atomic E-state index is 11.6. The number of hydrogen-bond acceptors (Lipinski definition) is 4. The molecule has 0 saturated heterocycles. The minimum atomic E-state index is -0.829. The summed E-state index contributed by atoms with van der Waals surface area (Å²) in [6.45, 7) is 2.73. The van der Waals surface area contributed by atoms with E-state index in [4.69, 9.17) is 4.42 Å². The van der Waals surface area contributed by atoms with E-state index in [1.54, 1.807) is 23.5 Å². The van der Waals surface area contributed by atoms with Crippen molar-refractivity contribution >= 4 is 17.4 Å². The smallest absolute Gasteiger partial charge is 0.314 e. The van der Waals surface area contributed by atoms with E-state index < -0.39 is 6.10 Å².